The van der Waals surface area contributed by atoms with Crippen LogP contribution in [0.25, 0.3) is 5.57 Å². The molecular weight excluding hydrogens is 458 g/mol. The number of hydrogen-bond donors (Lipinski definition) is 0. The zero-order valence-electron chi connectivity index (χ0n) is 20.6. The van der Waals surface area contributed by atoms with Gasteiger partial charge >= 0.3 is 6.09 Å². The zero-order chi connectivity index (χ0) is 25.5. The molecule has 186 valence electrons. The Balaban J connectivity index is 1.77. The molecule has 1 aliphatic heterocycles. The van der Waals surface area contributed by atoms with E-state index in [0.29, 0.717) is 35.7 Å². The maximum atomic E-state index is 12.9. The predicted octanol–water partition coefficient (Wildman–Crippen LogP) is 5.58. The number of amides is 1. The summed E-state index contributed by atoms with van der Waals surface area (Å²) in [4.78, 5) is 26.5. The molecule has 7 nitrogen and oxygen atoms in total. The van der Waals surface area contributed by atoms with Gasteiger partial charge in [-0.1, -0.05) is 42.5 Å². The lowest BCUT2D eigenvalue weighted by Gasteiger charge is -2.34. The van der Waals surface area contributed by atoms with Gasteiger partial charge in [0.25, 0.3) is 0 Å². The van der Waals surface area contributed by atoms with Gasteiger partial charge in [-0.3, -0.25) is 9.69 Å². The topological polar surface area (TPSA) is 74.3 Å². The number of allylic oxidation sites excluding steroid dienone is 1. The van der Waals surface area contributed by atoms with Gasteiger partial charge < -0.3 is 18.9 Å². The molecule has 7 heteroatoms. The largest absolute Gasteiger partial charge is 0.497 e. The van der Waals surface area contributed by atoms with Gasteiger partial charge in [-0.2, -0.15) is 0 Å². The van der Waals surface area contributed by atoms with E-state index in [2.05, 4.69) is 0 Å². The van der Waals surface area contributed by atoms with Crippen LogP contribution in [0.1, 0.15) is 35.2 Å². The summed E-state index contributed by atoms with van der Waals surface area (Å²) in [7, 11) is 3.18. The first-order chi connectivity index (χ1) is 17.6. The van der Waals surface area contributed by atoms with E-state index in [4.69, 9.17) is 18.9 Å². The molecule has 3 aromatic rings. The minimum atomic E-state index is -0.529. The minimum Gasteiger partial charge on any atom is -0.497 e. The van der Waals surface area contributed by atoms with Crippen LogP contribution in [0.5, 0.6) is 17.2 Å². The van der Waals surface area contributed by atoms with Gasteiger partial charge in [-0.25, -0.2) is 4.79 Å². The van der Waals surface area contributed by atoms with Crippen molar-refractivity contribution in [2.45, 2.75) is 26.0 Å². The van der Waals surface area contributed by atoms with E-state index >= 15 is 0 Å². The molecular formula is C29H29NO6. The number of carbonyl (C=O) groups is 2. The maximum Gasteiger partial charge on any atom is 0.414 e. The molecule has 0 saturated carbocycles. The number of nitrogens with zero attached hydrogens (tertiary/aromatic N) is 1. The fourth-order valence-corrected chi connectivity index (χ4v) is 4.27. The van der Waals surface area contributed by atoms with Gasteiger partial charge in [-0.05, 0) is 59.9 Å². The molecule has 1 aliphatic rings. The number of hydrogen-bond acceptors (Lipinski definition) is 6. The molecule has 0 bridgehead atoms. The Morgan fingerprint density at radius 2 is 1.72 bits per heavy atom. The zero-order valence-corrected chi connectivity index (χ0v) is 20.6. The molecule has 0 aliphatic carbocycles. The first-order valence-corrected chi connectivity index (χ1v) is 11.7. The number of fused-ring (bicyclic) bond motifs is 1. The summed E-state index contributed by atoms with van der Waals surface area (Å²) in [5.74, 6) is 1.74. The Morgan fingerprint density at radius 1 is 0.944 bits per heavy atom. The van der Waals surface area contributed by atoms with Crippen molar-refractivity contribution in [1.82, 2.24) is 4.90 Å². The Morgan fingerprint density at radius 3 is 2.42 bits per heavy atom. The van der Waals surface area contributed by atoms with E-state index in [0.717, 1.165) is 28.7 Å². The van der Waals surface area contributed by atoms with Gasteiger partial charge in [0.05, 0.1) is 26.9 Å². The highest BCUT2D eigenvalue weighted by molar-refractivity contribution is 6.09. The van der Waals surface area contributed by atoms with E-state index in [1.165, 1.54) is 4.90 Å². The number of ether oxygens (including phenoxy) is 4. The molecule has 1 atom stereocenters. The molecule has 1 heterocycles. The summed E-state index contributed by atoms with van der Waals surface area (Å²) in [6.07, 6.45) is 2.23. The van der Waals surface area contributed by atoms with Crippen LogP contribution < -0.4 is 14.2 Å². The number of methoxy groups -OCH3 is 2. The van der Waals surface area contributed by atoms with Crippen molar-refractivity contribution in [1.29, 1.82) is 0 Å². The Kier molecular flexibility index (Phi) is 7.90. The van der Waals surface area contributed by atoms with Gasteiger partial charge in [0.15, 0.2) is 17.8 Å². The van der Waals surface area contributed by atoms with Gasteiger partial charge in [-0.15, -0.1) is 0 Å². The molecule has 0 saturated heterocycles. The second kappa shape index (κ2) is 11.4. The van der Waals surface area contributed by atoms with E-state index in [1.807, 2.05) is 60.7 Å². The fourth-order valence-electron chi connectivity index (χ4n) is 4.27. The smallest absolute Gasteiger partial charge is 0.414 e. The van der Waals surface area contributed by atoms with Crippen LogP contribution in [0.15, 0.2) is 72.9 Å². The summed E-state index contributed by atoms with van der Waals surface area (Å²) in [6, 6.07) is 20.7. The first kappa shape index (κ1) is 24.9. The molecule has 0 spiro atoms. The van der Waals surface area contributed by atoms with Crippen LogP contribution in [0.3, 0.4) is 0 Å². The SMILES string of the molecule is CCOC(=O)N1C=C(C=O)c2cc(OCc3ccccc3)c(OC)cc2C1Cc1cccc(OC)c1. The third-order valence-electron chi connectivity index (χ3n) is 6.03. The van der Waals surface area contributed by atoms with Gasteiger partial charge in [0.1, 0.15) is 12.4 Å². The van der Waals surface area contributed by atoms with Crippen LogP contribution in [0.4, 0.5) is 4.79 Å². The molecule has 0 aromatic heterocycles. The molecule has 0 fully saturated rings. The summed E-state index contributed by atoms with van der Waals surface area (Å²) in [6.45, 7) is 2.31. The third kappa shape index (κ3) is 5.35. The second-order valence-corrected chi connectivity index (χ2v) is 8.24. The number of benzene rings is 3. The van der Waals surface area contributed by atoms with Crippen molar-refractivity contribution in [2.24, 2.45) is 0 Å². The maximum absolute atomic E-state index is 12.9. The lowest BCUT2D eigenvalue weighted by atomic mass is 9.87. The van der Waals surface area contributed by atoms with Crippen molar-refractivity contribution in [3.63, 3.8) is 0 Å². The van der Waals surface area contributed by atoms with E-state index < -0.39 is 12.1 Å². The number of rotatable bonds is 9. The highest BCUT2D eigenvalue weighted by atomic mass is 16.6. The lowest BCUT2D eigenvalue weighted by Crippen LogP contribution is -2.35. The monoisotopic (exact) mass is 487 g/mol. The van der Waals surface area contributed by atoms with Crippen LogP contribution in [-0.2, 0) is 22.6 Å². The summed E-state index contributed by atoms with van der Waals surface area (Å²) in [5.41, 5.74) is 3.77. The minimum absolute atomic E-state index is 0.216. The average molecular weight is 488 g/mol. The quantitative estimate of drug-likeness (QED) is 0.367. The van der Waals surface area contributed by atoms with E-state index in [1.54, 1.807) is 33.4 Å². The number of aldehydes is 1. The Labute approximate surface area is 210 Å². The molecule has 1 unspecified atom stereocenters. The van der Waals surface area contributed by atoms with Crippen molar-refractivity contribution in [3.8, 4) is 17.2 Å². The van der Waals surface area contributed by atoms with E-state index in [-0.39, 0.29) is 6.61 Å². The van der Waals surface area contributed by atoms with Crippen LogP contribution in [-0.4, -0.2) is 38.1 Å². The standard InChI is InChI=1S/C29H29NO6/c1-4-35-29(32)30-17-22(18-31)24-15-28(36-19-20-9-6-5-7-10-20)27(34-3)16-25(24)26(30)14-21-11-8-12-23(13-21)33-2/h5-13,15-18,26H,4,14,19H2,1-3H3. The molecule has 3 aromatic carbocycles. The van der Waals surface area contributed by atoms with Crippen LogP contribution in [0.2, 0.25) is 0 Å². The highest BCUT2D eigenvalue weighted by Gasteiger charge is 2.33. The van der Waals surface area contributed by atoms with Gasteiger partial charge in [0.2, 0.25) is 0 Å². The molecule has 4 rings (SSSR count). The second-order valence-electron chi connectivity index (χ2n) is 8.24. The van der Waals surface area contributed by atoms with Crippen LogP contribution >= 0.6 is 0 Å². The predicted molar refractivity (Wildman–Crippen MR) is 136 cm³/mol. The lowest BCUT2D eigenvalue weighted by molar-refractivity contribution is -0.103. The average Bonchev–Trinajstić information content (AvgIpc) is 2.92. The summed E-state index contributed by atoms with van der Waals surface area (Å²) in [5, 5.41) is 0. The molecule has 0 N–H and O–H groups in total. The fraction of sp³-hybridized carbons (Fsp3) is 0.241. The van der Waals surface area contributed by atoms with E-state index in [9.17, 15) is 9.59 Å². The molecule has 1 amide bonds. The highest BCUT2D eigenvalue weighted by Crippen LogP contribution is 2.43. The normalized spacial score (nSPS) is 14.4. The van der Waals surface area contributed by atoms with Crippen molar-refractivity contribution in [2.75, 3.05) is 20.8 Å². The molecule has 0 radical (unpaired) electrons. The van der Waals surface area contributed by atoms with Crippen molar-refractivity contribution >= 4 is 18.0 Å². The van der Waals surface area contributed by atoms with Crippen molar-refractivity contribution in [3.05, 3.63) is 95.2 Å². The van der Waals surface area contributed by atoms with Gasteiger partial charge in [0, 0.05) is 11.8 Å². The summed E-state index contributed by atoms with van der Waals surface area (Å²) < 4.78 is 22.4. The Hall–Kier alpha value is -4.26. The third-order valence-corrected chi connectivity index (χ3v) is 6.03. The van der Waals surface area contributed by atoms with Crippen LogP contribution in [0, 0.1) is 0 Å². The number of carbonyl (C=O) groups excluding carboxylic acids is 2. The first-order valence-electron chi connectivity index (χ1n) is 11.7. The molecule has 36 heavy (non-hydrogen) atoms. The van der Waals surface area contributed by atoms with Crippen molar-refractivity contribution < 1.29 is 28.5 Å². The Bertz CT molecular complexity index is 1250. The summed E-state index contributed by atoms with van der Waals surface area (Å²) >= 11 is 0.